The largest absolute Gasteiger partial charge is 0.444 e. The van der Waals surface area contributed by atoms with Gasteiger partial charge in [-0.1, -0.05) is 32.0 Å². The first-order chi connectivity index (χ1) is 12.4. The van der Waals surface area contributed by atoms with Crippen molar-refractivity contribution in [2.75, 3.05) is 13.1 Å². The van der Waals surface area contributed by atoms with Gasteiger partial charge >= 0.3 is 6.09 Å². The van der Waals surface area contributed by atoms with Crippen LogP contribution >= 0.6 is 0 Å². The van der Waals surface area contributed by atoms with Gasteiger partial charge in [0, 0.05) is 42.1 Å². The van der Waals surface area contributed by atoms with Crippen molar-refractivity contribution in [2.24, 2.45) is 0 Å². The molecule has 4 rings (SSSR count). The van der Waals surface area contributed by atoms with Gasteiger partial charge in [-0.05, 0) is 38.8 Å². The Kier molecular flexibility index (Phi) is 5.28. The predicted octanol–water partition coefficient (Wildman–Crippen LogP) is 4.26. The summed E-state index contributed by atoms with van der Waals surface area (Å²) in [5, 5.41) is 4.86. The number of H-pyrrole nitrogens is 1. The van der Waals surface area contributed by atoms with Crippen LogP contribution < -0.4 is 5.32 Å². The van der Waals surface area contributed by atoms with Gasteiger partial charge in [-0.15, -0.1) is 0 Å². The highest BCUT2D eigenvalue weighted by Gasteiger charge is 2.48. The smallest absolute Gasteiger partial charge is 0.410 e. The summed E-state index contributed by atoms with van der Waals surface area (Å²) < 4.78 is 5.63. The first-order valence-corrected chi connectivity index (χ1v) is 9.73. The monoisotopic (exact) mass is 357 g/mol. The molecule has 1 aromatic heterocycles. The van der Waals surface area contributed by atoms with Gasteiger partial charge in [-0.25, -0.2) is 4.79 Å². The van der Waals surface area contributed by atoms with Gasteiger partial charge in [0.25, 0.3) is 0 Å². The number of carbonyl (C=O) groups excluding carboxylic acids is 1. The molecule has 26 heavy (non-hydrogen) atoms. The number of benzene rings is 1. The van der Waals surface area contributed by atoms with Crippen LogP contribution in [0.2, 0.25) is 0 Å². The molecule has 3 atom stereocenters. The zero-order valence-electron chi connectivity index (χ0n) is 16.5. The average Bonchev–Trinajstić information content (AvgIpc) is 3.29. The summed E-state index contributed by atoms with van der Waals surface area (Å²) in [6.45, 7) is 11.4. The Balaban J connectivity index is 0.000000948. The van der Waals surface area contributed by atoms with Crippen LogP contribution in [-0.4, -0.2) is 46.8 Å². The molecule has 2 saturated heterocycles. The van der Waals surface area contributed by atoms with Crippen LogP contribution in [0, 0.1) is 0 Å². The van der Waals surface area contributed by atoms with E-state index in [2.05, 4.69) is 34.7 Å². The van der Waals surface area contributed by atoms with Gasteiger partial charge < -0.3 is 19.9 Å². The molecule has 0 radical (unpaired) electrons. The number of ether oxygens (including phenoxy) is 1. The molecule has 0 spiro atoms. The van der Waals surface area contributed by atoms with Gasteiger partial charge in [0.1, 0.15) is 5.60 Å². The summed E-state index contributed by atoms with van der Waals surface area (Å²) in [6, 6.07) is 8.89. The lowest BCUT2D eigenvalue weighted by Crippen LogP contribution is -2.44. The SMILES string of the molecule is CC.CC(C)(C)OC(=O)N1CC[C@H]2NCC(c3c[nH]c4ccccc34)[C@H]21. The van der Waals surface area contributed by atoms with Crippen LogP contribution in [-0.2, 0) is 4.74 Å². The van der Waals surface area contributed by atoms with E-state index in [1.165, 1.54) is 10.9 Å². The number of aromatic nitrogens is 1. The zero-order valence-corrected chi connectivity index (χ0v) is 16.5. The Morgan fingerprint density at radius 2 is 1.96 bits per heavy atom. The summed E-state index contributed by atoms with van der Waals surface area (Å²) in [7, 11) is 0. The summed E-state index contributed by atoms with van der Waals surface area (Å²) in [5.41, 5.74) is 1.98. The van der Waals surface area contributed by atoms with E-state index >= 15 is 0 Å². The third-order valence-electron chi connectivity index (χ3n) is 5.11. The highest BCUT2D eigenvalue weighted by molar-refractivity contribution is 5.84. The molecule has 0 saturated carbocycles. The van der Waals surface area contributed by atoms with Crippen LogP contribution in [0.4, 0.5) is 4.79 Å². The molecule has 0 aliphatic carbocycles. The number of hydrogen-bond donors (Lipinski definition) is 2. The fourth-order valence-electron chi connectivity index (χ4n) is 4.16. The Bertz CT molecular complexity index is 762. The molecule has 2 N–H and O–H groups in total. The molecule has 5 heteroatoms. The van der Waals surface area contributed by atoms with Gasteiger partial charge in [-0.3, -0.25) is 0 Å². The highest BCUT2D eigenvalue weighted by atomic mass is 16.6. The molecule has 0 bridgehead atoms. The van der Waals surface area contributed by atoms with Crippen LogP contribution in [0.5, 0.6) is 0 Å². The maximum absolute atomic E-state index is 12.7. The van der Waals surface area contributed by atoms with Crippen molar-refractivity contribution in [1.29, 1.82) is 0 Å². The number of hydrogen-bond acceptors (Lipinski definition) is 3. The molecule has 1 aromatic carbocycles. The number of nitrogens with one attached hydrogen (secondary N) is 2. The van der Waals surface area contributed by atoms with Gasteiger partial charge in [0.05, 0.1) is 6.04 Å². The van der Waals surface area contributed by atoms with E-state index < -0.39 is 5.60 Å². The maximum Gasteiger partial charge on any atom is 0.410 e. The molecule has 142 valence electrons. The number of amides is 1. The fourth-order valence-corrected chi connectivity index (χ4v) is 4.16. The predicted molar refractivity (Wildman–Crippen MR) is 106 cm³/mol. The van der Waals surface area contributed by atoms with Crippen molar-refractivity contribution in [3.05, 3.63) is 36.0 Å². The van der Waals surface area contributed by atoms with Gasteiger partial charge in [0.15, 0.2) is 0 Å². The standard InChI is InChI=1S/C19H25N3O2.C2H6/c1-19(2,3)24-18(23)22-9-8-16-17(22)14(11-21-16)13-10-20-15-7-5-4-6-12(13)15;1-2/h4-7,10,14,16-17,20-21H,8-9,11H2,1-3H3;1-2H3/t14?,16-,17-;/m1./s1. The lowest BCUT2D eigenvalue weighted by molar-refractivity contribution is 0.0215. The first-order valence-electron chi connectivity index (χ1n) is 9.73. The Labute approximate surface area is 156 Å². The quantitative estimate of drug-likeness (QED) is 0.802. The van der Waals surface area contributed by atoms with Crippen LogP contribution in [0.1, 0.15) is 52.5 Å². The van der Waals surface area contributed by atoms with Crippen molar-refractivity contribution in [3.63, 3.8) is 0 Å². The topological polar surface area (TPSA) is 57.4 Å². The fraction of sp³-hybridized carbons (Fsp3) is 0.571. The minimum Gasteiger partial charge on any atom is -0.444 e. The molecular formula is C21H31N3O2. The number of nitrogens with zero attached hydrogens (tertiary/aromatic N) is 1. The lowest BCUT2D eigenvalue weighted by atomic mass is 9.91. The van der Waals surface area contributed by atoms with Crippen LogP contribution in [0.25, 0.3) is 10.9 Å². The van der Waals surface area contributed by atoms with Crippen molar-refractivity contribution in [3.8, 4) is 0 Å². The van der Waals surface area contributed by atoms with E-state index in [0.29, 0.717) is 12.0 Å². The van der Waals surface area contributed by atoms with E-state index in [1.54, 1.807) is 0 Å². The molecule has 1 amide bonds. The molecule has 3 heterocycles. The number of para-hydroxylation sites is 1. The average molecular weight is 357 g/mol. The second-order valence-electron chi connectivity index (χ2n) is 7.86. The first kappa shape index (κ1) is 18.8. The van der Waals surface area contributed by atoms with E-state index in [1.807, 2.05) is 45.6 Å². The van der Waals surface area contributed by atoms with Crippen LogP contribution in [0.3, 0.4) is 0 Å². The van der Waals surface area contributed by atoms with E-state index in [9.17, 15) is 4.79 Å². The van der Waals surface area contributed by atoms with Crippen molar-refractivity contribution < 1.29 is 9.53 Å². The number of carbonyl (C=O) groups is 1. The molecule has 2 aromatic rings. The molecule has 5 nitrogen and oxygen atoms in total. The Hall–Kier alpha value is -2.01. The molecular weight excluding hydrogens is 326 g/mol. The van der Waals surface area contributed by atoms with Crippen molar-refractivity contribution in [1.82, 2.24) is 15.2 Å². The minimum absolute atomic E-state index is 0.166. The summed E-state index contributed by atoms with van der Waals surface area (Å²) in [5.74, 6) is 0.293. The van der Waals surface area contributed by atoms with E-state index in [4.69, 9.17) is 4.74 Å². The second kappa shape index (κ2) is 7.31. The minimum atomic E-state index is -0.461. The van der Waals surface area contributed by atoms with Crippen molar-refractivity contribution in [2.45, 2.75) is 64.6 Å². The summed E-state index contributed by atoms with van der Waals surface area (Å²) >= 11 is 0. The number of aromatic amines is 1. The normalized spacial score (nSPS) is 25.0. The molecule has 2 aliphatic rings. The molecule has 2 fully saturated rings. The third kappa shape index (κ3) is 3.45. The van der Waals surface area contributed by atoms with Gasteiger partial charge in [-0.2, -0.15) is 0 Å². The van der Waals surface area contributed by atoms with E-state index in [-0.39, 0.29) is 12.1 Å². The summed E-state index contributed by atoms with van der Waals surface area (Å²) in [4.78, 5) is 17.9. The van der Waals surface area contributed by atoms with E-state index in [0.717, 1.165) is 25.0 Å². The number of likely N-dealkylation sites (tertiary alicyclic amines) is 1. The second-order valence-corrected chi connectivity index (χ2v) is 7.86. The lowest BCUT2D eigenvalue weighted by Gasteiger charge is -2.31. The Morgan fingerprint density at radius 3 is 2.69 bits per heavy atom. The zero-order chi connectivity index (χ0) is 18.9. The van der Waals surface area contributed by atoms with Gasteiger partial charge in [0.2, 0.25) is 0 Å². The Morgan fingerprint density at radius 1 is 1.23 bits per heavy atom. The maximum atomic E-state index is 12.7. The van der Waals surface area contributed by atoms with Crippen LogP contribution in [0.15, 0.2) is 30.5 Å². The number of fused-ring (bicyclic) bond motifs is 2. The number of rotatable bonds is 1. The highest BCUT2D eigenvalue weighted by Crippen LogP contribution is 2.39. The summed E-state index contributed by atoms with van der Waals surface area (Å²) in [6.07, 6.45) is 2.90. The molecule has 2 aliphatic heterocycles. The van der Waals surface area contributed by atoms with Crippen molar-refractivity contribution >= 4 is 17.0 Å². The molecule has 1 unspecified atom stereocenters. The third-order valence-corrected chi connectivity index (χ3v) is 5.11.